The first-order valence-corrected chi connectivity index (χ1v) is 17.4. The molecule has 0 unspecified atom stereocenters. The maximum Gasteiger partial charge on any atom is 0.152 e. The molecular weight excluding hydrogens is 621 g/mol. The zero-order valence-electron chi connectivity index (χ0n) is 27.8. The van der Waals surface area contributed by atoms with Crippen LogP contribution in [0, 0.1) is 0 Å². The fourth-order valence-corrected chi connectivity index (χ4v) is 7.64. The average Bonchev–Trinajstić information content (AvgIpc) is 3.56. The third kappa shape index (κ3) is 4.90. The Morgan fingerprint density at radius 2 is 0.980 bits per heavy atom. The SMILES string of the molecule is c1ccc(-c2cc(-c3ccccc3)cc(N(c3ccccc3)c3ccc(-c4ccc5c6c4c4ccccc4n6-c4ccccc4O5)cc3)c2)cc1. The van der Waals surface area contributed by atoms with Gasteiger partial charge in [-0.05, 0) is 106 Å². The van der Waals surface area contributed by atoms with E-state index in [2.05, 4.69) is 191 Å². The second kappa shape index (κ2) is 11.9. The predicted molar refractivity (Wildman–Crippen MR) is 212 cm³/mol. The van der Waals surface area contributed by atoms with Gasteiger partial charge in [-0.1, -0.05) is 121 Å². The predicted octanol–water partition coefficient (Wildman–Crippen LogP) is 13.4. The highest BCUT2D eigenvalue weighted by atomic mass is 16.5. The Bertz CT molecular complexity index is 2640. The Hall–Kier alpha value is -6.84. The van der Waals surface area contributed by atoms with E-state index in [1.54, 1.807) is 0 Å². The minimum atomic E-state index is 0.873. The Kier molecular flexibility index (Phi) is 6.81. The summed E-state index contributed by atoms with van der Waals surface area (Å²) in [6, 6.07) is 69.1. The first kappa shape index (κ1) is 29.1. The summed E-state index contributed by atoms with van der Waals surface area (Å²) in [6.07, 6.45) is 0. The lowest BCUT2D eigenvalue weighted by Crippen LogP contribution is -2.10. The van der Waals surface area contributed by atoms with Crippen molar-refractivity contribution in [2.45, 2.75) is 0 Å². The summed E-state index contributed by atoms with van der Waals surface area (Å²) >= 11 is 0. The summed E-state index contributed by atoms with van der Waals surface area (Å²) in [5, 5.41) is 2.42. The van der Waals surface area contributed by atoms with Crippen molar-refractivity contribution >= 4 is 38.9 Å². The van der Waals surface area contributed by atoms with Gasteiger partial charge in [-0.2, -0.15) is 0 Å². The molecule has 240 valence electrons. The quantitative estimate of drug-likeness (QED) is 0.178. The normalized spacial score (nSPS) is 11.7. The number of nitrogens with zero attached hydrogens (tertiary/aromatic N) is 2. The van der Waals surface area contributed by atoms with Crippen molar-refractivity contribution < 1.29 is 4.74 Å². The molecule has 0 N–H and O–H groups in total. The van der Waals surface area contributed by atoms with Crippen LogP contribution >= 0.6 is 0 Å². The van der Waals surface area contributed by atoms with Gasteiger partial charge < -0.3 is 14.2 Å². The molecule has 10 rings (SSSR count). The molecule has 0 saturated carbocycles. The number of anilines is 3. The van der Waals surface area contributed by atoms with Crippen LogP contribution in [-0.4, -0.2) is 4.57 Å². The number of para-hydroxylation sites is 4. The van der Waals surface area contributed by atoms with Crippen LogP contribution in [0.15, 0.2) is 194 Å². The number of aromatic nitrogens is 1. The number of hydrogen-bond acceptors (Lipinski definition) is 2. The molecule has 1 aromatic heterocycles. The van der Waals surface area contributed by atoms with Gasteiger partial charge in [0.1, 0.15) is 0 Å². The van der Waals surface area contributed by atoms with Crippen LogP contribution in [0.25, 0.3) is 60.9 Å². The molecule has 0 amide bonds. The highest BCUT2D eigenvalue weighted by Crippen LogP contribution is 2.49. The third-order valence-electron chi connectivity index (χ3n) is 9.95. The Labute approximate surface area is 296 Å². The number of ether oxygens (including phenoxy) is 1. The monoisotopic (exact) mass is 652 g/mol. The number of fused-ring (bicyclic) bond motifs is 5. The zero-order valence-corrected chi connectivity index (χ0v) is 27.8. The lowest BCUT2D eigenvalue weighted by atomic mass is 9.96. The van der Waals surface area contributed by atoms with E-state index < -0.39 is 0 Å². The van der Waals surface area contributed by atoms with E-state index in [9.17, 15) is 0 Å². The molecule has 1 aliphatic rings. The van der Waals surface area contributed by atoms with Gasteiger partial charge in [-0.25, -0.2) is 0 Å². The maximum atomic E-state index is 6.47. The van der Waals surface area contributed by atoms with Gasteiger partial charge in [-0.3, -0.25) is 0 Å². The first-order chi connectivity index (χ1) is 25.3. The maximum absolute atomic E-state index is 6.47. The van der Waals surface area contributed by atoms with Crippen molar-refractivity contribution in [2.24, 2.45) is 0 Å². The van der Waals surface area contributed by atoms with E-state index in [-0.39, 0.29) is 0 Å². The lowest BCUT2D eigenvalue weighted by molar-refractivity contribution is 0.476. The van der Waals surface area contributed by atoms with Gasteiger partial charge in [0, 0.05) is 27.8 Å². The molecule has 0 spiro atoms. The molecule has 0 atom stereocenters. The molecule has 8 aromatic carbocycles. The second-order valence-corrected chi connectivity index (χ2v) is 13.0. The van der Waals surface area contributed by atoms with Crippen LogP contribution < -0.4 is 9.64 Å². The molecule has 0 aliphatic carbocycles. The molecule has 1 aliphatic heterocycles. The van der Waals surface area contributed by atoms with Crippen LogP contribution in [-0.2, 0) is 0 Å². The summed E-state index contributed by atoms with van der Waals surface area (Å²) < 4.78 is 8.83. The topological polar surface area (TPSA) is 17.4 Å². The van der Waals surface area contributed by atoms with E-state index in [4.69, 9.17) is 4.74 Å². The molecule has 2 heterocycles. The van der Waals surface area contributed by atoms with Crippen molar-refractivity contribution in [2.75, 3.05) is 4.90 Å². The molecular formula is C48H32N2O. The number of rotatable bonds is 6. The van der Waals surface area contributed by atoms with Crippen molar-refractivity contribution in [1.82, 2.24) is 4.57 Å². The Balaban J connectivity index is 1.14. The third-order valence-corrected chi connectivity index (χ3v) is 9.95. The highest BCUT2D eigenvalue weighted by molar-refractivity contribution is 6.18. The highest BCUT2D eigenvalue weighted by Gasteiger charge is 2.25. The molecule has 0 bridgehead atoms. The fraction of sp³-hybridized carbons (Fsp3) is 0. The van der Waals surface area contributed by atoms with Crippen LogP contribution in [0.3, 0.4) is 0 Å². The van der Waals surface area contributed by atoms with Crippen molar-refractivity contribution in [3.63, 3.8) is 0 Å². The number of hydrogen-bond donors (Lipinski definition) is 0. The van der Waals surface area contributed by atoms with Gasteiger partial charge in [0.25, 0.3) is 0 Å². The zero-order chi connectivity index (χ0) is 33.7. The van der Waals surface area contributed by atoms with Gasteiger partial charge in [0.05, 0.1) is 16.7 Å². The molecule has 3 heteroatoms. The molecule has 9 aromatic rings. The minimum absolute atomic E-state index is 0.873. The van der Waals surface area contributed by atoms with Crippen molar-refractivity contribution in [1.29, 1.82) is 0 Å². The van der Waals surface area contributed by atoms with E-state index in [1.165, 1.54) is 44.1 Å². The summed E-state index contributed by atoms with van der Waals surface area (Å²) in [7, 11) is 0. The van der Waals surface area contributed by atoms with Crippen LogP contribution in [0.5, 0.6) is 11.5 Å². The van der Waals surface area contributed by atoms with Gasteiger partial charge >= 0.3 is 0 Å². The average molecular weight is 653 g/mol. The van der Waals surface area contributed by atoms with Crippen molar-refractivity contribution in [3.05, 3.63) is 194 Å². The standard InChI is InChI=1S/C48H32N2O/c1-4-14-33(15-5-1)36-30-37(34-16-6-2-7-17-34)32-40(31-36)49(38-18-8-3-9-19-38)39-26-24-35(25-27-39)41-28-29-46-48-47(41)42-20-10-11-21-43(42)50(48)44-22-12-13-23-45(44)51-46/h1-32H. The van der Waals surface area contributed by atoms with Crippen LogP contribution in [0.2, 0.25) is 0 Å². The summed E-state index contributed by atoms with van der Waals surface area (Å²) in [5.74, 6) is 1.75. The second-order valence-electron chi connectivity index (χ2n) is 13.0. The fourth-order valence-electron chi connectivity index (χ4n) is 7.64. The first-order valence-electron chi connectivity index (χ1n) is 17.4. The van der Waals surface area contributed by atoms with E-state index >= 15 is 0 Å². The van der Waals surface area contributed by atoms with E-state index in [0.717, 1.165) is 45.3 Å². The van der Waals surface area contributed by atoms with Gasteiger partial charge in [0.15, 0.2) is 11.5 Å². The van der Waals surface area contributed by atoms with E-state index in [1.807, 2.05) is 12.1 Å². The summed E-state index contributed by atoms with van der Waals surface area (Å²) in [5.41, 5.74) is 13.7. The number of benzene rings is 8. The molecule has 0 radical (unpaired) electrons. The summed E-state index contributed by atoms with van der Waals surface area (Å²) in [4.78, 5) is 2.36. The van der Waals surface area contributed by atoms with E-state index in [0.29, 0.717) is 0 Å². The Morgan fingerprint density at radius 3 is 1.69 bits per heavy atom. The molecule has 3 nitrogen and oxygen atoms in total. The Morgan fingerprint density at radius 1 is 0.392 bits per heavy atom. The van der Waals surface area contributed by atoms with Crippen LogP contribution in [0.4, 0.5) is 17.1 Å². The minimum Gasteiger partial charge on any atom is -0.453 e. The van der Waals surface area contributed by atoms with Crippen LogP contribution in [0.1, 0.15) is 0 Å². The molecule has 51 heavy (non-hydrogen) atoms. The summed E-state index contributed by atoms with van der Waals surface area (Å²) in [6.45, 7) is 0. The molecule has 0 fully saturated rings. The largest absolute Gasteiger partial charge is 0.453 e. The lowest BCUT2D eigenvalue weighted by Gasteiger charge is -2.27. The molecule has 0 saturated heterocycles. The smallest absolute Gasteiger partial charge is 0.152 e. The van der Waals surface area contributed by atoms with Gasteiger partial charge in [0.2, 0.25) is 0 Å². The van der Waals surface area contributed by atoms with Gasteiger partial charge in [-0.15, -0.1) is 0 Å². The van der Waals surface area contributed by atoms with Crippen molar-refractivity contribution in [3.8, 4) is 50.6 Å².